The van der Waals surface area contributed by atoms with Gasteiger partial charge in [0, 0.05) is 12.1 Å². The maximum absolute atomic E-state index is 11.9. The van der Waals surface area contributed by atoms with Crippen molar-refractivity contribution in [1.82, 2.24) is 4.90 Å². The molecule has 1 aliphatic rings. The Hall–Kier alpha value is -1.66. The Kier molecular flexibility index (Phi) is 3.55. The first-order chi connectivity index (χ1) is 8.19. The fraction of sp³-hybridized carbons (Fsp3) is 0.429. The third kappa shape index (κ3) is 3.40. The topological polar surface area (TPSA) is 44.1 Å². The van der Waals surface area contributed by atoms with E-state index in [9.17, 15) is 4.79 Å². The average Bonchev–Trinajstić information content (AvgIpc) is 3.12. The summed E-state index contributed by atoms with van der Waals surface area (Å²) < 4.78 is 0. The molecule has 2 rings (SSSR count). The Morgan fingerprint density at radius 3 is 2.59 bits per heavy atom. The van der Waals surface area contributed by atoms with Crippen LogP contribution in [0.5, 0.6) is 0 Å². The van der Waals surface area contributed by atoms with Crippen LogP contribution in [0, 0.1) is 17.2 Å². The van der Waals surface area contributed by atoms with Gasteiger partial charge in [0.15, 0.2) is 5.78 Å². The van der Waals surface area contributed by atoms with Crippen LogP contribution in [-0.4, -0.2) is 30.8 Å². The van der Waals surface area contributed by atoms with E-state index in [-0.39, 0.29) is 5.78 Å². The van der Waals surface area contributed by atoms with Gasteiger partial charge in [-0.2, -0.15) is 5.26 Å². The first kappa shape index (κ1) is 11.8. The van der Waals surface area contributed by atoms with Gasteiger partial charge < -0.3 is 0 Å². The van der Waals surface area contributed by atoms with Crippen LogP contribution in [0.2, 0.25) is 0 Å². The van der Waals surface area contributed by atoms with Gasteiger partial charge >= 0.3 is 0 Å². The lowest BCUT2D eigenvalue weighted by molar-refractivity contribution is 0.0944. The van der Waals surface area contributed by atoms with Gasteiger partial charge in [-0.15, -0.1) is 0 Å². The summed E-state index contributed by atoms with van der Waals surface area (Å²) in [5.41, 5.74) is 1.28. The quantitative estimate of drug-likeness (QED) is 0.725. The minimum atomic E-state index is 0.123. The summed E-state index contributed by atoms with van der Waals surface area (Å²) in [7, 11) is 1.99. The van der Waals surface area contributed by atoms with Gasteiger partial charge in [-0.3, -0.25) is 9.69 Å². The van der Waals surface area contributed by atoms with Gasteiger partial charge in [-0.05, 0) is 37.9 Å². The summed E-state index contributed by atoms with van der Waals surface area (Å²) in [6.45, 7) is 1.48. The second-order valence-electron chi connectivity index (χ2n) is 4.75. The number of carbonyl (C=O) groups is 1. The zero-order chi connectivity index (χ0) is 12.3. The molecule has 3 heteroatoms. The van der Waals surface area contributed by atoms with Crippen molar-refractivity contribution in [3.8, 4) is 6.07 Å². The number of hydrogen-bond acceptors (Lipinski definition) is 3. The van der Waals surface area contributed by atoms with Crippen LogP contribution in [0.3, 0.4) is 0 Å². The van der Waals surface area contributed by atoms with E-state index in [1.165, 1.54) is 12.8 Å². The minimum absolute atomic E-state index is 0.123. The lowest BCUT2D eigenvalue weighted by Crippen LogP contribution is -2.27. The number of benzene rings is 1. The van der Waals surface area contributed by atoms with E-state index in [0.29, 0.717) is 17.7 Å². The highest BCUT2D eigenvalue weighted by Gasteiger charge is 2.23. The monoisotopic (exact) mass is 228 g/mol. The molecule has 0 atom stereocenters. The largest absolute Gasteiger partial charge is 0.299 e. The van der Waals surface area contributed by atoms with E-state index < -0.39 is 0 Å². The van der Waals surface area contributed by atoms with Crippen LogP contribution >= 0.6 is 0 Å². The van der Waals surface area contributed by atoms with Crippen LogP contribution in [0.1, 0.15) is 28.8 Å². The number of hydrogen-bond donors (Lipinski definition) is 0. The standard InChI is InChI=1S/C14H16N2O/c1-16(9-12-2-3-12)10-14(17)13-6-4-11(8-15)5-7-13/h4-7,12H,2-3,9-10H2,1H3. The second kappa shape index (κ2) is 5.11. The average molecular weight is 228 g/mol. The van der Waals surface area contributed by atoms with Crippen LogP contribution in [0.4, 0.5) is 0 Å². The van der Waals surface area contributed by atoms with Crippen molar-refractivity contribution in [3.05, 3.63) is 35.4 Å². The van der Waals surface area contributed by atoms with Crippen LogP contribution in [0.15, 0.2) is 24.3 Å². The van der Waals surface area contributed by atoms with Crippen LogP contribution < -0.4 is 0 Å². The van der Waals surface area contributed by atoms with Crippen LogP contribution in [0.25, 0.3) is 0 Å². The fourth-order valence-corrected chi connectivity index (χ4v) is 1.87. The van der Waals surface area contributed by atoms with E-state index >= 15 is 0 Å². The molecule has 0 aliphatic heterocycles. The van der Waals surface area contributed by atoms with E-state index in [1.54, 1.807) is 24.3 Å². The van der Waals surface area contributed by atoms with Gasteiger partial charge in [-0.1, -0.05) is 12.1 Å². The maximum atomic E-state index is 11.9. The first-order valence-corrected chi connectivity index (χ1v) is 5.91. The molecule has 1 fully saturated rings. The predicted molar refractivity (Wildman–Crippen MR) is 65.7 cm³/mol. The van der Waals surface area contributed by atoms with Crippen molar-refractivity contribution in [1.29, 1.82) is 5.26 Å². The molecule has 1 aromatic rings. The number of nitriles is 1. The Labute approximate surface area is 102 Å². The predicted octanol–water partition coefficient (Wildman–Crippen LogP) is 2.08. The molecule has 0 bridgehead atoms. The number of nitrogens with zero attached hydrogens (tertiary/aromatic N) is 2. The van der Waals surface area contributed by atoms with E-state index in [4.69, 9.17) is 5.26 Å². The lowest BCUT2D eigenvalue weighted by Gasteiger charge is -2.14. The summed E-state index contributed by atoms with van der Waals surface area (Å²) in [5, 5.41) is 8.68. The zero-order valence-electron chi connectivity index (χ0n) is 10.0. The molecule has 0 amide bonds. The smallest absolute Gasteiger partial charge is 0.176 e. The summed E-state index contributed by atoms with van der Waals surface area (Å²) in [4.78, 5) is 14.0. The molecule has 88 valence electrons. The van der Waals surface area contributed by atoms with Crippen molar-refractivity contribution in [2.24, 2.45) is 5.92 Å². The molecule has 17 heavy (non-hydrogen) atoms. The van der Waals surface area contributed by atoms with E-state index in [2.05, 4.69) is 4.90 Å². The van der Waals surface area contributed by atoms with Gasteiger partial charge in [0.1, 0.15) is 0 Å². The molecular formula is C14H16N2O. The molecule has 1 aliphatic carbocycles. The molecule has 0 unspecified atom stereocenters. The number of rotatable bonds is 5. The molecule has 3 nitrogen and oxygen atoms in total. The minimum Gasteiger partial charge on any atom is -0.299 e. The molecule has 0 saturated heterocycles. The molecule has 0 aromatic heterocycles. The van der Waals surface area contributed by atoms with Crippen molar-refractivity contribution in [2.75, 3.05) is 20.1 Å². The highest BCUT2D eigenvalue weighted by atomic mass is 16.1. The maximum Gasteiger partial charge on any atom is 0.176 e. The Balaban J connectivity index is 1.91. The van der Waals surface area contributed by atoms with Gasteiger partial charge in [0.25, 0.3) is 0 Å². The summed E-state index contributed by atoms with van der Waals surface area (Å²) in [6.07, 6.45) is 2.60. The SMILES string of the molecule is CN(CC(=O)c1ccc(C#N)cc1)CC1CC1. The first-order valence-electron chi connectivity index (χ1n) is 5.91. The molecule has 1 aromatic carbocycles. The number of Topliss-reactive ketones (excluding diaryl/α,β-unsaturated/α-hetero) is 1. The third-order valence-electron chi connectivity index (χ3n) is 3.02. The summed E-state index contributed by atoms with van der Waals surface area (Å²) >= 11 is 0. The number of ketones is 1. The fourth-order valence-electron chi connectivity index (χ4n) is 1.87. The van der Waals surface area contributed by atoms with Crippen molar-refractivity contribution in [2.45, 2.75) is 12.8 Å². The highest BCUT2D eigenvalue weighted by molar-refractivity contribution is 5.97. The Morgan fingerprint density at radius 2 is 2.06 bits per heavy atom. The molecule has 1 saturated carbocycles. The molecule has 0 spiro atoms. The number of carbonyl (C=O) groups excluding carboxylic acids is 1. The van der Waals surface area contributed by atoms with E-state index in [0.717, 1.165) is 12.5 Å². The van der Waals surface area contributed by atoms with Crippen LogP contribution in [-0.2, 0) is 0 Å². The van der Waals surface area contributed by atoms with Crippen molar-refractivity contribution >= 4 is 5.78 Å². The summed E-state index contributed by atoms with van der Waals surface area (Å²) in [6, 6.07) is 8.88. The Morgan fingerprint density at radius 1 is 1.41 bits per heavy atom. The third-order valence-corrected chi connectivity index (χ3v) is 3.02. The normalized spacial score (nSPS) is 14.6. The number of likely N-dealkylation sites (N-methyl/N-ethyl adjacent to an activating group) is 1. The highest BCUT2D eigenvalue weighted by Crippen LogP contribution is 2.29. The summed E-state index contributed by atoms with van der Waals surface area (Å²) in [5.74, 6) is 0.923. The van der Waals surface area contributed by atoms with Gasteiger partial charge in [-0.25, -0.2) is 0 Å². The molecular weight excluding hydrogens is 212 g/mol. The van der Waals surface area contributed by atoms with Gasteiger partial charge in [0.05, 0.1) is 18.2 Å². The van der Waals surface area contributed by atoms with E-state index in [1.807, 2.05) is 13.1 Å². The zero-order valence-corrected chi connectivity index (χ0v) is 10.0. The second-order valence-corrected chi connectivity index (χ2v) is 4.75. The molecule has 0 N–H and O–H groups in total. The van der Waals surface area contributed by atoms with Crippen molar-refractivity contribution in [3.63, 3.8) is 0 Å². The lowest BCUT2D eigenvalue weighted by atomic mass is 10.1. The van der Waals surface area contributed by atoms with Gasteiger partial charge in [0.2, 0.25) is 0 Å². The van der Waals surface area contributed by atoms with Crippen molar-refractivity contribution < 1.29 is 4.79 Å². The molecule has 0 heterocycles. The molecule has 0 radical (unpaired) electrons. The Bertz CT molecular complexity index is 440.